The van der Waals surface area contributed by atoms with Gasteiger partial charge in [0.2, 0.25) is 0 Å². The molecule has 106 valence electrons. The van der Waals surface area contributed by atoms with Crippen LogP contribution in [0.3, 0.4) is 0 Å². The van der Waals surface area contributed by atoms with Crippen molar-refractivity contribution in [3.63, 3.8) is 0 Å². The summed E-state index contributed by atoms with van der Waals surface area (Å²) in [6, 6.07) is 9.15. The van der Waals surface area contributed by atoms with Crippen LogP contribution in [0.15, 0.2) is 42.7 Å². The number of carbonyl (C=O) groups is 1. The van der Waals surface area contributed by atoms with Gasteiger partial charge in [0.05, 0.1) is 6.20 Å². The van der Waals surface area contributed by atoms with E-state index in [2.05, 4.69) is 5.10 Å². The predicted octanol–water partition coefficient (Wildman–Crippen LogP) is 1.43. The second-order valence-corrected chi connectivity index (χ2v) is 4.84. The molecule has 0 fully saturated rings. The van der Waals surface area contributed by atoms with Crippen molar-refractivity contribution in [2.45, 2.75) is 25.3 Å². The van der Waals surface area contributed by atoms with Gasteiger partial charge in [0.15, 0.2) is 0 Å². The number of nitrogens with two attached hydrogens (primary N) is 1. The van der Waals surface area contributed by atoms with Gasteiger partial charge in [0, 0.05) is 19.3 Å². The first-order valence-corrected chi connectivity index (χ1v) is 6.62. The zero-order valence-electron chi connectivity index (χ0n) is 11.5. The Labute approximate surface area is 118 Å². The summed E-state index contributed by atoms with van der Waals surface area (Å²) in [4.78, 5) is 11.8. The minimum atomic E-state index is -1.11. The van der Waals surface area contributed by atoms with E-state index in [4.69, 9.17) is 5.73 Å². The Hall–Kier alpha value is -2.14. The Morgan fingerprint density at radius 3 is 2.60 bits per heavy atom. The van der Waals surface area contributed by atoms with Crippen molar-refractivity contribution in [1.29, 1.82) is 0 Å². The van der Waals surface area contributed by atoms with Gasteiger partial charge >= 0.3 is 5.97 Å². The smallest absolute Gasteiger partial charge is 0.315 e. The molecule has 5 heteroatoms. The van der Waals surface area contributed by atoms with Crippen molar-refractivity contribution in [2.24, 2.45) is 5.73 Å². The van der Waals surface area contributed by atoms with Gasteiger partial charge in [-0.05, 0) is 24.5 Å². The van der Waals surface area contributed by atoms with Crippen molar-refractivity contribution >= 4 is 5.97 Å². The van der Waals surface area contributed by atoms with E-state index < -0.39 is 11.4 Å². The SMILES string of the molecule is CCn1cc(CC(CN)(C(=O)O)c2ccccc2)cn1. The highest BCUT2D eigenvalue weighted by Gasteiger charge is 2.39. The Kier molecular flexibility index (Phi) is 4.20. The highest BCUT2D eigenvalue weighted by atomic mass is 16.4. The number of hydrogen-bond acceptors (Lipinski definition) is 3. The summed E-state index contributed by atoms with van der Waals surface area (Å²) >= 11 is 0. The molecule has 0 saturated carbocycles. The van der Waals surface area contributed by atoms with E-state index >= 15 is 0 Å². The first-order chi connectivity index (χ1) is 9.62. The van der Waals surface area contributed by atoms with Crippen LogP contribution < -0.4 is 5.73 Å². The standard InChI is InChI=1S/C15H19N3O2/c1-2-18-10-12(9-17-18)8-15(11-16,14(19)20)13-6-4-3-5-7-13/h3-7,9-10H,2,8,11,16H2,1H3,(H,19,20). The van der Waals surface area contributed by atoms with E-state index in [1.165, 1.54) is 0 Å². The molecule has 0 radical (unpaired) electrons. The fourth-order valence-electron chi connectivity index (χ4n) is 2.35. The highest BCUT2D eigenvalue weighted by Crippen LogP contribution is 2.28. The van der Waals surface area contributed by atoms with Gasteiger partial charge in [-0.1, -0.05) is 30.3 Å². The van der Waals surface area contributed by atoms with E-state index in [0.29, 0.717) is 6.42 Å². The average Bonchev–Trinajstić information content (AvgIpc) is 2.93. The van der Waals surface area contributed by atoms with Crippen LogP contribution in [0.25, 0.3) is 0 Å². The van der Waals surface area contributed by atoms with Gasteiger partial charge < -0.3 is 10.8 Å². The monoisotopic (exact) mass is 273 g/mol. The second kappa shape index (κ2) is 5.88. The maximum atomic E-state index is 11.8. The molecule has 0 spiro atoms. The average molecular weight is 273 g/mol. The van der Waals surface area contributed by atoms with Gasteiger partial charge in [-0.2, -0.15) is 5.10 Å². The lowest BCUT2D eigenvalue weighted by atomic mass is 9.76. The Morgan fingerprint density at radius 2 is 2.10 bits per heavy atom. The maximum Gasteiger partial charge on any atom is 0.315 e. The van der Waals surface area contributed by atoms with Crippen LogP contribution in [-0.2, 0) is 23.2 Å². The molecule has 1 heterocycles. The second-order valence-electron chi connectivity index (χ2n) is 4.84. The first-order valence-electron chi connectivity index (χ1n) is 6.62. The van der Waals surface area contributed by atoms with Crippen molar-refractivity contribution in [1.82, 2.24) is 9.78 Å². The summed E-state index contributed by atoms with van der Waals surface area (Å²) in [7, 11) is 0. The van der Waals surface area contributed by atoms with E-state index in [-0.39, 0.29) is 6.54 Å². The first kappa shape index (κ1) is 14.3. The Bertz CT molecular complexity index is 580. The normalized spacial score (nSPS) is 13.9. The number of carboxylic acid groups (broad SMARTS) is 1. The molecule has 0 saturated heterocycles. The van der Waals surface area contributed by atoms with Crippen molar-refractivity contribution in [3.8, 4) is 0 Å². The molecule has 0 aliphatic heterocycles. The molecule has 0 amide bonds. The van der Waals surface area contributed by atoms with Crippen molar-refractivity contribution < 1.29 is 9.90 Å². The number of aryl methyl sites for hydroxylation is 1. The zero-order chi connectivity index (χ0) is 14.6. The molecule has 3 N–H and O–H groups in total. The highest BCUT2D eigenvalue weighted by molar-refractivity contribution is 5.82. The lowest BCUT2D eigenvalue weighted by Crippen LogP contribution is -2.44. The zero-order valence-corrected chi connectivity index (χ0v) is 11.5. The van der Waals surface area contributed by atoms with Crippen LogP contribution in [0.4, 0.5) is 0 Å². The molecule has 20 heavy (non-hydrogen) atoms. The summed E-state index contributed by atoms with van der Waals surface area (Å²) in [5.74, 6) is -0.907. The van der Waals surface area contributed by atoms with E-state index in [1.807, 2.05) is 43.5 Å². The number of aromatic nitrogens is 2. The number of nitrogens with zero attached hydrogens (tertiary/aromatic N) is 2. The molecule has 2 aromatic rings. The van der Waals surface area contributed by atoms with Crippen LogP contribution >= 0.6 is 0 Å². The number of rotatable bonds is 6. The van der Waals surface area contributed by atoms with Crippen LogP contribution in [-0.4, -0.2) is 27.4 Å². The van der Waals surface area contributed by atoms with Gasteiger partial charge in [-0.3, -0.25) is 9.48 Å². The topological polar surface area (TPSA) is 81.1 Å². The molecule has 1 aromatic carbocycles. The summed E-state index contributed by atoms with van der Waals surface area (Å²) in [5, 5.41) is 13.9. The fourth-order valence-corrected chi connectivity index (χ4v) is 2.35. The predicted molar refractivity (Wildman–Crippen MR) is 76.4 cm³/mol. The molecule has 1 unspecified atom stereocenters. The molecular formula is C15H19N3O2. The van der Waals surface area contributed by atoms with Gasteiger partial charge in [0.25, 0.3) is 0 Å². The fraction of sp³-hybridized carbons (Fsp3) is 0.333. The Balaban J connectivity index is 2.39. The molecule has 0 aliphatic carbocycles. The molecule has 0 aliphatic rings. The third kappa shape index (κ3) is 2.58. The minimum absolute atomic E-state index is 0.0453. The van der Waals surface area contributed by atoms with Crippen LogP contribution in [0.2, 0.25) is 0 Å². The number of carboxylic acids is 1. The molecule has 5 nitrogen and oxygen atoms in total. The molecule has 1 atom stereocenters. The van der Waals surface area contributed by atoms with Crippen LogP contribution in [0, 0.1) is 0 Å². The summed E-state index contributed by atoms with van der Waals surface area (Å²) < 4.78 is 1.78. The van der Waals surface area contributed by atoms with Gasteiger partial charge in [-0.25, -0.2) is 0 Å². The van der Waals surface area contributed by atoms with Crippen molar-refractivity contribution in [3.05, 3.63) is 53.9 Å². The largest absolute Gasteiger partial charge is 0.481 e. The molecule has 0 bridgehead atoms. The number of benzene rings is 1. The quantitative estimate of drug-likeness (QED) is 0.834. The van der Waals surface area contributed by atoms with E-state index in [9.17, 15) is 9.90 Å². The lowest BCUT2D eigenvalue weighted by Gasteiger charge is -2.28. The molecular weight excluding hydrogens is 254 g/mol. The minimum Gasteiger partial charge on any atom is -0.481 e. The third-order valence-electron chi connectivity index (χ3n) is 3.60. The molecule has 2 rings (SSSR count). The van der Waals surface area contributed by atoms with Crippen LogP contribution in [0.1, 0.15) is 18.1 Å². The molecule has 1 aromatic heterocycles. The van der Waals surface area contributed by atoms with Gasteiger partial charge in [0.1, 0.15) is 5.41 Å². The summed E-state index contributed by atoms with van der Waals surface area (Å²) in [6.07, 6.45) is 3.92. The van der Waals surface area contributed by atoms with Crippen molar-refractivity contribution in [2.75, 3.05) is 6.54 Å². The third-order valence-corrected chi connectivity index (χ3v) is 3.60. The number of hydrogen-bond donors (Lipinski definition) is 2. The maximum absolute atomic E-state index is 11.8. The van der Waals surface area contributed by atoms with E-state index in [0.717, 1.165) is 17.7 Å². The van der Waals surface area contributed by atoms with Crippen LogP contribution in [0.5, 0.6) is 0 Å². The number of aliphatic carboxylic acids is 1. The van der Waals surface area contributed by atoms with Gasteiger partial charge in [-0.15, -0.1) is 0 Å². The Morgan fingerprint density at radius 1 is 1.40 bits per heavy atom. The van der Waals surface area contributed by atoms with E-state index in [1.54, 1.807) is 10.9 Å². The lowest BCUT2D eigenvalue weighted by molar-refractivity contribution is -0.143. The summed E-state index contributed by atoms with van der Waals surface area (Å²) in [6.45, 7) is 2.79. The summed E-state index contributed by atoms with van der Waals surface area (Å²) in [5.41, 5.74) is 6.31.